The Morgan fingerprint density at radius 2 is 2.11 bits per heavy atom. The van der Waals surface area contributed by atoms with E-state index >= 15 is 0 Å². The van der Waals surface area contributed by atoms with E-state index in [0.717, 1.165) is 29.7 Å². The lowest BCUT2D eigenvalue weighted by atomic mass is 9.88. The lowest BCUT2D eigenvalue weighted by Crippen LogP contribution is -2.18. The third-order valence-corrected chi connectivity index (χ3v) is 8.73. The average Bonchev–Trinajstić information content (AvgIpc) is 3.38. The SMILES string of the molecule is CCOC(=O)c1c(NC(=O)CSc2nnc(C(C)Oc3ccc(Cl)cc3Cl)n2C)sc2c1CCC(C)C2. The van der Waals surface area contributed by atoms with Gasteiger partial charge in [0.05, 0.1) is 22.9 Å². The Kier molecular flexibility index (Phi) is 9.05. The maximum absolute atomic E-state index is 12.9. The molecule has 2 heterocycles. The number of fused-ring (bicyclic) bond motifs is 1. The summed E-state index contributed by atoms with van der Waals surface area (Å²) in [4.78, 5) is 26.7. The Morgan fingerprint density at radius 1 is 1.32 bits per heavy atom. The van der Waals surface area contributed by atoms with Gasteiger partial charge in [-0.2, -0.15) is 0 Å². The summed E-state index contributed by atoms with van der Waals surface area (Å²) in [6, 6.07) is 5.01. The van der Waals surface area contributed by atoms with Crippen molar-refractivity contribution in [2.75, 3.05) is 17.7 Å². The molecule has 3 aromatic rings. The van der Waals surface area contributed by atoms with Crippen LogP contribution in [0.3, 0.4) is 0 Å². The van der Waals surface area contributed by atoms with E-state index in [1.54, 1.807) is 29.7 Å². The number of nitrogens with zero attached hydrogens (tertiary/aromatic N) is 3. The molecule has 0 bridgehead atoms. The van der Waals surface area contributed by atoms with Crippen LogP contribution >= 0.6 is 46.3 Å². The van der Waals surface area contributed by atoms with Crippen molar-refractivity contribution in [1.82, 2.24) is 14.8 Å². The van der Waals surface area contributed by atoms with Crippen molar-refractivity contribution < 1.29 is 19.1 Å². The Bertz CT molecular complexity index is 1310. The maximum Gasteiger partial charge on any atom is 0.341 e. The van der Waals surface area contributed by atoms with E-state index in [-0.39, 0.29) is 24.2 Å². The van der Waals surface area contributed by atoms with Gasteiger partial charge in [-0.3, -0.25) is 4.79 Å². The van der Waals surface area contributed by atoms with Crippen molar-refractivity contribution in [1.29, 1.82) is 0 Å². The maximum atomic E-state index is 12.9. The summed E-state index contributed by atoms with van der Waals surface area (Å²) in [7, 11) is 1.81. The van der Waals surface area contributed by atoms with Crippen LogP contribution < -0.4 is 10.1 Å². The van der Waals surface area contributed by atoms with Gasteiger partial charge in [-0.1, -0.05) is 41.9 Å². The summed E-state index contributed by atoms with van der Waals surface area (Å²) >= 11 is 14.9. The van der Waals surface area contributed by atoms with Crippen LogP contribution in [0.5, 0.6) is 5.75 Å². The number of hydrogen-bond acceptors (Lipinski definition) is 8. The number of hydrogen-bond donors (Lipinski definition) is 1. The molecule has 0 saturated carbocycles. The molecule has 1 aliphatic rings. The lowest BCUT2D eigenvalue weighted by molar-refractivity contribution is -0.113. The van der Waals surface area contributed by atoms with Crippen LogP contribution in [0.1, 0.15) is 59.9 Å². The smallest absolute Gasteiger partial charge is 0.341 e. The fourth-order valence-corrected chi connectivity index (χ4v) is 6.76. The summed E-state index contributed by atoms with van der Waals surface area (Å²) in [5.74, 6) is 1.10. The van der Waals surface area contributed by atoms with Crippen molar-refractivity contribution >= 4 is 63.2 Å². The molecule has 2 atom stereocenters. The molecular weight excluding hydrogens is 555 g/mol. The van der Waals surface area contributed by atoms with Crippen molar-refractivity contribution in [2.24, 2.45) is 13.0 Å². The van der Waals surface area contributed by atoms with Crippen LogP contribution in [-0.2, 0) is 29.4 Å². The molecule has 2 aromatic heterocycles. The molecule has 1 aromatic carbocycles. The van der Waals surface area contributed by atoms with E-state index in [1.807, 2.05) is 14.0 Å². The highest BCUT2D eigenvalue weighted by atomic mass is 35.5. The van der Waals surface area contributed by atoms with Gasteiger partial charge in [0.1, 0.15) is 10.8 Å². The minimum atomic E-state index is -0.439. The number of amides is 1. The molecule has 8 nitrogen and oxygen atoms in total. The monoisotopic (exact) mass is 582 g/mol. The molecule has 37 heavy (non-hydrogen) atoms. The second kappa shape index (κ2) is 12.1. The molecule has 4 rings (SSSR count). The summed E-state index contributed by atoms with van der Waals surface area (Å²) < 4.78 is 13.0. The molecule has 1 amide bonds. The summed E-state index contributed by atoms with van der Waals surface area (Å²) in [6.07, 6.45) is 2.29. The molecule has 0 radical (unpaired) electrons. The van der Waals surface area contributed by atoms with Crippen LogP contribution in [-0.4, -0.2) is 39.0 Å². The Hall–Kier alpha value is -2.27. The first kappa shape index (κ1) is 27.8. The number of carbonyl (C=O) groups excluding carboxylic acids is 2. The fourth-order valence-electron chi connectivity index (χ4n) is 4.17. The third-order valence-electron chi connectivity index (χ3n) is 6.01. The van der Waals surface area contributed by atoms with Crippen LogP contribution in [0.4, 0.5) is 5.00 Å². The third kappa shape index (κ3) is 6.42. The Morgan fingerprint density at radius 3 is 2.84 bits per heavy atom. The Labute approximate surface area is 234 Å². The number of ether oxygens (including phenoxy) is 2. The van der Waals surface area contributed by atoms with E-state index in [4.69, 9.17) is 32.7 Å². The second-order valence-electron chi connectivity index (χ2n) is 8.85. The molecular formula is C25H28Cl2N4O4S2. The van der Waals surface area contributed by atoms with Gasteiger partial charge in [-0.25, -0.2) is 4.79 Å². The minimum Gasteiger partial charge on any atom is -0.481 e. The molecule has 12 heteroatoms. The van der Waals surface area contributed by atoms with E-state index < -0.39 is 6.10 Å². The van der Waals surface area contributed by atoms with Crippen LogP contribution in [0.2, 0.25) is 10.0 Å². The zero-order valence-electron chi connectivity index (χ0n) is 21.0. The number of carbonyl (C=O) groups is 2. The quantitative estimate of drug-likeness (QED) is 0.232. The van der Waals surface area contributed by atoms with Crippen molar-refractivity contribution in [3.05, 3.63) is 50.1 Å². The predicted octanol–water partition coefficient (Wildman–Crippen LogP) is 6.36. The first-order valence-electron chi connectivity index (χ1n) is 11.9. The number of halogens is 2. The van der Waals surface area contributed by atoms with Crippen LogP contribution in [0.15, 0.2) is 23.4 Å². The normalized spacial score (nSPS) is 15.7. The average molecular weight is 584 g/mol. The second-order valence-corrected chi connectivity index (χ2v) is 11.7. The highest BCUT2D eigenvalue weighted by molar-refractivity contribution is 7.99. The van der Waals surface area contributed by atoms with Gasteiger partial charge in [0.15, 0.2) is 17.1 Å². The van der Waals surface area contributed by atoms with Gasteiger partial charge in [-0.05, 0) is 62.8 Å². The summed E-state index contributed by atoms with van der Waals surface area (Å²) in [6.45, 7) is 6.10. The number of esters is 1. The molecule has 0 saturated heterocycles. The highest BCUT2D eigenvalue weighted by Crippen LogP contribution is 2.40. The highest BCUT2D eigenvalue weighted by Gasteiger charge is 2.29. The molecule has 0 fully saturated rings. The van der Waals surface area contributed by atoms with Crippen LogP contribution in [0, 0.1) is 5.92 Å². The van der Waals surface area contributed by atoms with Gasteiger partial charge in [0, 0.05) is 16.9 Å². The van der Waals surface area contributed by atoms with Gasteiger partial charge in [-0.15, -0.1) is 21.5 Å². The molecule has 2 unspecified atom stereocenters. The van der Waals surface area contributed by atoms with Gasteiger partial charge >= 0.3 is 5.97 Å². The number of thiophene rings is 1. The number of benzene rings is 1. The lowest BCUT2D eigenvalue weighted by Gasteiger charge is -2.18. The van der Waals surface area contributed by atoms with E-state index in [0.29, 0.717) is 43.3 Å². The Balaban J connectivity index is 1.42. The minimum absolute atomic E-state index is 0.103. The van der Waals surface area contributed by atoms with Crippen molar-refractivity contribution in [3.8, 4) is 5.75 Å². The molecule has 1 N–H and O–H groups in total. The van der Waals surface area contributed by atoms with E-state index in [1.165, 1.54) is 23.1 Å². The number of aromatic nitrogens is 3. The van der Waals surface area contributed by atoms with Gasteiger partial charge in [0.25, 0.3) is 0 Å². The largest absolute Gasteiger partial charge is 0.481 e. The molecule has 0 aliphatic heterocycles. The zero-order chi connectivity index (χ0) is 26.7. The van der Waals surface area contributed by atoms with E-state index in [9.17, 15) is 9.59 Å². The van der Waals surface area contributed by atoms with Crippen molar-refractivity contribution in [2.45, 2.75) is 51.3 Å². The molecule has 198 valence electrons. The molecule has 0 spiro atoms. The van der Waals surface area contributed by atoms with Crippen molar-refractivity contribution in [3.63, 3.8) is 0 Å². The topological polar surface area (TPSA) is 95.3 Å². The summed E-state index contributed by atoms with van der Waals surface area (Å²) in [5, 5.41) is 13.4. The number of nitrogens with one attached hydrogen (secondary N) is 1. The standard InChI is InChI=1S/C25H28Cl2N4O4S2/c1-5-34-24(33)21-16-8-6-13(2)10-19(16)37-23(21)28-20(32)12-36-25-30-29-22(31(25)4)14(3)35-18-9-7-15(26)11-17(18)27/h7,9,11,13-14H,5-6,8,10,12H2,1-4H3,(H,28,32). The zero-order valence-corrected chi connectivity index (χ0v) is 24.1. The molecule has 1 aliphatic carbocycles. The predicted molar refractivity (Wildman–Crippen MR) is 147 cm³/mol. The fraction of sp³-hybridized carbons (Fsp3) is 0.440. The van der Waals surface area contributed by atoms with E-state index in [2.05, 4.69) is 22.4 Å². The number of anilines is 1. The number of rotatable bonds is 9. The first-order chi connectivity index (χ1) is 17.7. The number of thioether (sulfide) groups is 1. The van der Waals surface area contributed by atoms with Crippen LogP contribution in [0.25, 0.3) is 0 Å². The van der Waals surface area contributed by atoms with Gasteiger partial charge < -0.3 is 19.4 Å². The first-order valence-corrected chi connectivity index (χ1v) is 14.5. The van der Waals surface area contributed by atoms with Gasteiger partial charge in [0.2, 0.25) is 5.91 Å². The summed E-state index contributed by atoms with van der Waals surface area (Å²) in [5.41, 5.74) is 1.51.